The zero-order valence-corrected chi connectivity index (χ0v) is 14.0. The Hall–Kier alpha value is -1.65. The standard InChI is InChI=1S/2C4H7N.4CO.W/c2*1-4(2)3-5;4*1-2;/h2*4H,1-2H3;;;;;. The van der Waals surface area contributed by atoms with Crippen LogP contribution < -0.4 is 0 Å². The topological polar surface area (TPSA) is 116 Å². The van der Waals surface area contributed by atoms with Gasteiger partial charge in [0.15, 0.2) is 0 Å². The first kappa shape index (κ1) is 43.3. The van der Waals surface area contributed by atoms with E-state index in [4.69, 9.17) is 29.7 Å². The van der Waals surface area contributed by atoms with Gasteiger partial charge in [-0.3, -0.25) is 19.2 Å². The van der Waals surface area contributed by atoms with Gasteiger partial charge in [0.05, 0.1) is 12.1 Å². The maximum absolute atomic E-state index is 7.89. The average molecular weight is 434 g/mol. The second-order valence-electron chi connectivity index (χ2n) is 2.57. The van der Waals surface area contributed by atoms with Gasteiger partial charge in [-0.15, -0.1) is 0 Å². The van der Waals surface area contributed by atoms with Crippen molar-refractivity contribution >= 4 is 27.2 Å². The van der Waals surface area contributed by atoms with E-state index in [0.717, 1.165) is 0 Å². The zero-order chi connectivity index (χ0) is 16.6. The predicted octanol–water partition coefficient (Wildman–Crippen LogP) is 0.741. The third-order valence-corrected chi connectivity index (χ3v) is 0.516. The van der Waals surface area contributed by atoms with Crippen molar-refractivity contribution in [2.75, 3.05) is 0 Å². The van der Waals surface area contributed by atoms with Crippen molar-refractivity contribution in [3.63, 3.8) is 0 Å². The summed E-state index contributed by atoms with van der Waals surface area (Å²) < 4.78 is 0. The molecule has 0 saturated carbocycles. The molecule has 0 aromatic heterocycles. The molecular weight excluding hydrogens is 420 g/mol. The summed E-state index contributed by atoms with van der Waals surface area (Å²) in [5, 5.41) is 15.8. The number of hydrogen-bond acceptors (Lipinski definition) is 6. The van der Waals surface area contributed by atoms with E-state index in [-0.39, 0.29) is 32.9 Å². The van der Waals surface area contributed by atoms with Crippen LogP contribution in [0.25, 0.3) is 0 Å². The molecule has 6 nitrogen and oxygen atoms in total. The van der Waals surface area contributed by atoms with Crippen molar-refractivity contribution in [2.45, 2.75) is 27.7 Å². The van der Waals surface area contributed by atoms with E-state index in [1.54, 1.807) is 0 Å². The molecule has 0 spiro atoms. The molecule has 0 bridgehead atoms. The maximum atomic E-state index is 7.89. The Morgan fingerprint density at radius 1 is 0.632 bits per heavy atom. The molecule has 0 amide bonds. The van der Waals surface area contributed by atoms with Crippen LogP contribution in [0.2, 0.25) is 0 Å². The molecule has 0 aromatic carbocycles. The molecule has 0 aliphatic heterocycles. The summed E-state index contributed by atoms with van der Waals surface area (Å²) in [5.74, 6) is 0.380. The minimum atomic E-state index is 0. The fraction of sp³-hybridized carbons (Fsp3) is 0.500. The minimum Gasteiger partial charge on any atom is -0.281 e. The van der Waals surface area contributed by atoms with Crippen LogP contribution in [0.5, 0.6) is 0 Å². The fourth-order valence-corrected chi connectivity index (χ4v) is 0. The Kier molecular flexibility index (Phi) is 218. The SMILES string of the molecule is CC(C)C#N.CC(C)C#N.[C]=O.[C]=O.[C]=O.[C]=O.[W]. The van der Waals surface area contributed by atoms with Crippen molar-refractivity contribution in [2.24, 2.45) is 11.8 Å². The summed E-state index contributed by atoms with van der Waals surface area (Å²) in [6, 6.07) is 4.06. The smallest absolute Gasteiger partial charge is 0.281 e. The van der Waals surface area contributed by atoms with Crippen molar-refractivity contribution in [3.8, 4) is 12.1 Å². The summed E-state index contributed by atoms with van der Waals surface area (Å²) in [6.07, 6.45) is 0. The Morgan fingerprint density at radius 2 is 0.684 bits per heavy atom. The van der Waals surface area contributed by atoms with E-state index in [1.807, 2.05) is 39.8 Å². The van der Waals surface area contributed by atoms with Gasteiger partial charge in [0.2, 0.25) is 0 Å². The van der Waals surface area contributed by atoms with Crippen molar-refractivity contribution < 1.29 is 40.2 Å². The Bertz CT molecular complexity index is 175. The van der Waals surface area contributed by atoms with Gasteiger partial charge in [0.1, 0.15) is 0 Å². The molecule has 19 heavy (non-hydrogen) atoms. The summed E-state index contributed by atoms with van der Waals surface area (Å²) >= 11 is 0. The first-order valence-corrected chi connectivity index (χ1v) is 4.15. The summed E-state index contributed by atoms with van der Waals surface area (Å²) in [7, 11) is 0. The van der Waals surface area contributed by atoms with Crippen LogP contribution in [0.4, 0.5) is 0 Å². The molecule has 7 heteroatoms. The predicted molar refractivity (Wildman–Crippen MR) is 63.7 cm³/mol. The van der Waals surface area contributed by atoms with Crippen LogP contribution in [0.1, 0.15) is 27.7 Å². The molecule has 0 aliphatic rings. The average Bonchev–Trinajstić information content (AvgIpc) is 2.48. The molecule has 0 rings (SSSR count). The van der Waals surface area contributed by atoms with Crippen LogP contribution in [0.15, 0.2) is 0 Å². The van der Waals surface area contributed by atoms with E-state index in [0.29, 0.717) is 0 Å². The second-order valence-corrected chi connectivity index (χ2v) is 2.57. The fourth-order valence-electron chi connectivity index (χ4n) is 0. The summed E-state index contributed by atoms with van der Waals surface area (Å²) in [6.45, 7) is 25.4. The van der Waals surface area contributed by atoms with Gasteiger partial charge in [0, 0.05) is 32.9 Å². The first-order valence-electron chi connectivity index (χ1n) is 4.15. The van der Waals surface area contributed by atoms with E-state index in [1.165, 1.54) is 0 Å². The van der Waals surface area contributed by atoms with Gasteiger partial charge in [-0.05, 0) is 27.7 Å². The first-order chi connectivity index (χ1) is 8.54. The van der Waals surface area contributed by atoms with Crippen LogP contribution in [-0.4, -0.2) is 27.2 Å². The van der Waals surface area contributed by atoms with Crippen LogP contribution >= 0.6 is 0 Å². The molecule has 0 heterocycles. The van der Waals surface area contributed by atoms with Gasteiger partial charge in [-0.1, -0.05) is 0 Å². The number of hydrogen-bond donors (Lipinski definition) is 0. The number of nitriles is 2. The van der Waals surface area contributed by atoms with Gasteiger partial charge >= 0.3 is 0 Å². The normalized spacial score (nSPS) is 4.84. The van der Waals surface area contributed by atoms with Crippen molar-refractivity contribution in [1.82, 2.24) is 0 Å². The van der Waals surface area contributed by atoms with Crippen LogP contribution in [0.3, 0.4) is 0 Å². The number of nitrogens with zero attached hydrogens (tertiary/aromatic N) is 2. The Labute approximate surface area is 130 Å². The maximum Gasteiger partial charge on any atom is 0.281 e. The molecule has 0 N–H and O–H groups in total. The van der Waals surface area contributed by atoms with E-state index >= 15 is 0 Å². The third-order valence-electron chi connectivity index (χ3n) is 0.516. The Balaban J connectivity index is -0.0000000194. The summed E-state index contributed by atoms with van der Waals surface area (Å²) in [5.41, 5.74) is 0. The largest absolute Gasteiger partial charge is 0.281 e. The van der Waals surface area contributed by atoms with Crippen molar-refractivity contribution in [3.05, 3.63) is 0 Å². The summed E-state index contributed by atoms with van der Waals surface area (Å²) in [4.78, 5) is 30.0. The van der Waals surface area contributed by atoms with E-state index < -0.39 is 0 Å². The third kappa shape index (κ3) is 610. The second kappa shape index (κ2) is 95.6. The van der Waals surface area contributed by atoms with E-state index in [9.17, 15) is 0 Å². The Morgan fingerprint density at radius 3 is 0.684 bits per heavy atom. The van der Waals surface area contributed by atoms with Gasteiger partial charge < -0.3 is 0 Å². The molecule has 0 aliphatic carbocycles. The molecule has 102 valence electrons. The van der Waals surface area contributed by atoms with Crippen LogP contribution in [0, 0.1) is 34.5 Å². The van der Waals surface area contributed by atoms with Gasteiger partial charge in [-0.2, -0.15) is 10.5 Å². The van der Waals surface area contributed by atoms with Crippen LogP contribution in [-0.2, 0) is 40.2 Å². The molecule has 0 unspecified atom stereocenters. The van der Waals surface area contributed by atoms with Gasteiger partial charge in [-0.25, -0.2) is 0 Å². The quantitative estimate of drug-likeness (QED) is 0.556. The zero-order valence-electron chi connectivity index (χ0n) is 11.1. The molecule has 0 aromatic rings. The van der Waals surface area contributed by atoms with Gasteiger partial charge in [0.25, 0.3) is 27.2 Å². The number of carbonyl (C=O) groups excluding carboxylic acids is 4. The van der Waals surface area contributed by atoms with Crippen molar-refractivity contribution in [1.29, 1.82) is 10.5 Å². The molecular formula is C12H14N2O4W. The monoisotopic (exact) mass is 434 g/mol. The molecule has 8 radical (unpaired) electrons. The molecule has 0 atom stereocenters. The molecule has 0 fully saturated rings. The number of rotatable bonds is 0. The minimum absolute atomic E-state index is 0. The van der Waals surface area contributed by atoms with E-state index in [2.05, 4.69) is 27.2 Å². The molecule has 0 saturated heterocycles.